The van der Waals surface area contributed by atoms with E-state index in [9.17, 15) is 0 Å². The zero-order chi connectivity index (χ0) is 14.6. The van der Waals surface area contributed by atoms with E-state index >= 15 is 0 Å². The van der Waals surface area contributed by atoms with Crippen LogP contribution in [0.25, 0.3) is 11.3 Å². The maximum absolute atomic E-state index is 2.50. The Morgan fingerprint density at radius 3 is 2.81 bits per heavy atom. The lowest BCUT2D eigenvalue weighted by Crippen LogP contribution is -2.30. The summed E-state index contributed by atoms with van der Waals surface area (Å²) in [6, 6.07) is 7.02. The van der Waals surface area contributed by atoms with Gasteiger partial charge in [-0.15, -0.1) is 0 Å². The average molecular weight is 278 g/mol. The van der Waals surface area contributed by atoms with Gasteiger partial charge in [-0.2, -0.15) is 0 Å². The molecule has 0 amide bonds. The highest BCUT2D eigenvalue weighted by Gasteiger charge is 2.31. The quantitative estimate of drug-likeness (QED) is 0.690. The molecule has 4 rings (SSSR count). The van der Waals surface area contributed by atoms with Gasteiger partial charge in [0.2, 0.25) is 5.69 Å². The molecule has 1 atom stereocenters. The topological polar surface area (TPSA) is 3.88 Å². The van der Waals surface area contributed by atoms with Gasteiger partial charge in [-0.3, -0.25) is 0 Å². The number of pyridine rings is 1. The molecule has 108 valence electrons. The van der Waals surface area contributed by atoms with Crippen molar-refractivity contribution >= 4 is 0 Å². The van der Waals surface area contributed by atoms with Crippen molar-refractivity contribution in [1.29, 1.82) is 0 Å². The summed E-state index contributed by atoms with van der Waals surface area (Å²) >= 11 is 0. The van der Waals surface area contributed by atoms with Crippen LogP contribution in [-0.2, 0) is 19.9 Å². The first-order valence-electron chi connectivity index (χ1n) is 8.27. The molecule has 21 heavy (non-hydrogen) atoms. The summed E-state index contributed by atoms with van der Waals surface area (Å²) in [5.74, 6) is 0.864. The lowest BCUT2D eigenvalue weighted by molar-refractivity contribution is -0.660. The van der Waals surface area contributed by atoms with Crippen LogP contribution in [0.3, 0.4) is 0 Å². The summed E-state index contributed by atoms with van der Waals surface area (Å²) in [5, 5.41) is 0. The van der Waals surface area contributed by atoms with Crippen LogP contribution < -0.4 is 4.57 Å². The van der Waals surface area contributed by atoms with Gasteiger partial charge >= 0.3 is 0 Å². The van der Waals surface area contributed by atoms with E-state index in [1.807, 2.05) is 0 Å². The highest BCUT2D eigenvalue weighted by atomic mass is 14.9. The highest BCUT2D eigenvalue weighted by Crippen LogP contribution is 2.46. The number of rotatable bonds is 1. The van der Waals surface area contributed by atoms with Gasteiger partial charge in [0.15, 0.2) is 6.20 Å². The molecular weight excluding hydrogens is 254 g/mol. The second-order valence-corrected chi connectivity index (χ2v) is 6.93. The lowest BCUT2D eigenvalue weighted by Gasteiger charge is -2.23. The Kier molecular flexibility index (Phi) is 2.92. The predicted molar refractivity (Wildman–Crippen MR) is 86.5 cm³/mol. The van der Waals surface area contributed by atoms with Crippen molar-refractivity contribution in [3.63, 3.8) is 0 Å². The molecule has 1 aromatic heterocycles. The normalized spacial score (nSPS) is 19.7. The molecule has 1 aromatic carbocycles. The summed E-state index contributed by atoms with van der Waals surface area (Å²) in [6.45, 7) is 4.52. The van der Waals surface area contributed by atoms with Crippen LogP contribution in [0, 0.1) is 13.8 Å². The molecule has 2 aromatic rings. The minimum atomic E-state index is 0.864. The van der Waals surface area contributed by atoms with E-state index in [2.05, 4.69) is 49.9 Å². The van der Waals surface area contributed by atoms with E-state index in [0.717, 1.165) is 5.92 Å². The van der Waals surface area contributed by atoms with Crippen molar-refractivity contribution in [3.8, 4) is 11.3 Å². The van der Waals surface area contributed by atoms with Crippen molar-refractivity contribution < 1.29 is 4.57 Å². The number of hydrogen-bond donors (Lipinski definition) is 0. The third-order valence-corrected chi connectivity index (χ3v) is 5.58. The van der Waals surface area contributed by atoms with Crippen molar-refractivity contribution in [2.24, 2.45) is 7.05 Å². The fourth-order valence-corrected chi connectivity index (χ4v) is 4.46. The number of benzene rings is 1. The second-order valence-electron chi connectivity index (χ2n) is 6.93. The van der Waals surface area contributed by atoms with Crippen LogP contribution in [0.1, 0.15) is 53.0 Å². The first kappa shape index (κ1) is 13.1. The average Bonchev–Trinajstić information content (AvgIpc) is 2.91. The fraction of sp³-hybridized carbons (Fsp3) is 0.450. The molecule has 0 saturated heterocycles. The number of nitrogens with zero attached hydrogens (tertiary/aromatic N) is 1. The maximum Gasteiger partial charge on any atom is 0.212 e. The van der Waals surface area contributed by atoms with Crippen LogP contribution in [0.5, 0.6) is 0 Å². The minimum absolute atomic E-state index is 0.864. The van der Waals surface area contributed by atoms with Crippen molar-refractivity contribution in [1.82, 2.24) is 0 Å². The summed E-state index contributed by atoms with van der Waals surface area (Å²) < 4.78 is 2.27. The van der Waals surface area contributed by atoms with Crippen molar-refractivity contribution in [2.45, 2.75) is 51.9 Å². The Hall–Kier alpha value is -1.63. The summed E-state index contributed by atoms with van der Waals surface area (Å²) in [5.41, 5.74) is 10.7. The molecule has 1 unspecified atom stereocenters. The maximum atomic E-state index is 2.50. The Morgan fingerprint density at radius 1 is 1.10 bits per heavy atom. The van der Waals surface area contributed by atoms with Crippen LogP contribution in [0.15, 0.2) is 24.4 Å². The molecule has 0 saturated carbocycles. The smallest absolute Gasteiger partial charge is 0.201 e. The molecule has 0 fully saturated rings. The predicted octanol–water partition coefficient (Wildman–Crippen LogP) is 4.16. The minimum Gasteiger partial charge on any atom is -0.201 e. The van der Waals surface area contributed by atoms with Gasteiger partial charge in [0.25, 0.3) is 0 Å². The first-order chi connectivity index (χ1) is 10.1. The first-order valence-corrected chi connectivity index (χ1v) is 8.27. The van der Waals surface area contributed by atoms with Gasteiger partial charge in [0.05, 0.1) is 0 Å². The lowest BCUT2D eigenvalue weighted by atomic mass is 9.81. The molecule has 1 nitrogen and oxygen atoms in total. The summed E-state index contributed by atoms with van der Waals surface area (Å²) in [6.07, 6.45) is 8.93. The molecule has 0 bridgehead atoms. The fourth-order valence-electron chi connectivity index (χ4n) is 4.46. The van der Waals surface area contributed by atoms with Crippen LogP contribution in [0.4, 0.5) is 0 Å². The van der Waals surface area contributed by atoms with E-state index < -0.39 is 0 Å². The van der Waals surface area contributed by atoms with Crippen LogP contribution in [-0.4, -0.2) is 0 Å². The molecule has 0 N–H and O–H groups in total. The molecule has 1 heterocycles. The van der Waals surface area contributed by atoms with E-state index in [1.165, 1.54) is 54.5 Å². The zero-order valence-corrected chi connectivity index (χ0v) is 13.4. The van der Waals surface area contributed by atoms with Crippen molar-refractivity contribution in [2.75, 3.05) is 0 Å². The van der Waals surface area contributed by atoms with Gasteiger partial charge in [-0.1, -0.05) is 0 Å². The highest BCUT2D eigenvalue weighted by molar-refractivity contribution is 5.68. The van der Waals surface area contributed by atoms with Gasteiger partial charge in [0, 0.05) is 17.7 Å². The Balaban J connectivity index is 1.97. The number of hydrogen-bond acceptors (Lipinski definition) is 0. The molecule has 2 aliphatic rings. The molecule has 1 heteroatoms. The van der Waals surface area contributed by atoms with E-state index in [4.69, 9.17) is 0 Å². The van der Waals surface area contributed by atoms with E-state index in [1.54, 1.807) is 16.7 Å². The third-order valence-electron chi connectivity index (χ3n) is 5.58. The monoisotopic (exact) mass is 278 g/mol. The summed E-state index contributed by atoms with van der Waals surface area (Å²) in [7, 11) is 2.16. The van der Waals surface area contributed by atoms with Crippen LogP contribution >= 0.6 is 0 Å². The van der Waals surface area contributed by atoms with Crippen molar-refractivity contribution in [3.05, 3.63) is 52.2 Å². The Bertz CT molecular complexity index is 727. The SMILES string of the molecule is Cc1cc[n+](C)c(-c2cc3c4c(c2C)CCC4CCC3)c1. The Labute approximate surface area is 127 Å². The van der Waals surface area contributed by atoms with E-state index in [0.29, 0.717) is 0 Å². The standard InChI is InChI=1S/C20H24N/c1-13-9-10-21(3)19(11-13)18-12-16-6-4-5-15-7-8-17(14(18)2)20(15)16/h9-12,15H,4-8H2,1-3H3/q+1. The van der Waals surface area contributed by atoms with Gasteiger partial charge < -0.3 is 0 Å². The largest absolute Gasteiger partial charge is 0.212 e. The third kappa shape index (κ3) is 1.94. The number of aryl methyl sites for hydroxylation is 3. The summed E-state index contributed by atoms with van der Waals surface area (Å²) in [4.78, 5) is 0. The zero-order valence-electron chi connectivity index (χ0n) is 13.4. The molecule has 0 radical (unpaired) electrons. The van der Waals surface area contributed by atoms with Gasteiger partial charge in [-0.05, 0) is 85.8 Å². The molecular formula is C20H24N+. The van der Waals surface area contributed by atoms with Crippen LogP contribution in [0.2, 0.25) is 0 Å². The number of aromatic nitrogens is 1. The second kappa shape index (κ2) is 4.69. The van der Waals surface area contributed by atoms with E-state index in [-0.39, 0.29) is 0 Å². The van der Waals surface area contributed by atoms with Gasteiger partial charge in [-0.25, -0.2) is 4.57 Å². The molecule has 2 aliphatic carbocycles. The molecule has 0 spiro atoms. The molecule has 0 aliphatic heterocycles. The Morgan fingerprint density at radius 2 is 1.95 bits per heavy atom. The van der Waals surface area contributed by atoms with Gasteiger partial charge in [0.1, 0.15) is 7.05 Å².